The van der Waals surface area contributed by atoms with Crippen LogP contribution in [0.4, 0.5) is 0 Å². The van der Waals surface area contributed by atoms with Crippen molar-refractivity contribution in [3.8, 4) is 0 Å². The second kappa shape index (κ2) is 48.3. The molecule has 0 bridgehead atoms. The summed E-state index contributed by atoms with van der Waals surface area (Å²) < 4.78 is 16.6. The molecule has 0 amide bonds. The van der Waals surface area contributed by atoms with Gasteiger partial charge in [-0.2, -0.15) is 0 Å². The molecular weight excluding hydrogens is 745 g/mol. The number of carbonyl (C=O) groups is 3. The molecule has 0 aliphatic rings. The number of carbonyl (C=O) groups excluding carboxylic acids is 3. The van der Waals surface area contributed by atoms with Crippen molar-refractivity contribution in [2.45, 2.75) is 226 Å². The first-order chi connectivity index (χ1) is 29.5. The Labute approximate surface area is 369 Å². The molecule has 1 atom stereocenters. The molecular formula is C54H90O6. The molecule has 1 unspecified atom stereocenters. The zero-order chi connectivity index (χ0) is 43.7. The van der Waals surface area contributed by atoms with Gasteiger partial charge in [0.1, 0.15) is 13.2 Å². The Morgan fingerprint density at radius 1 is 0.383 bits per heavy atom. The maximum atomic E-state index is 12.7. The van der Waals surface area contributed by atoms with Crippen LogP contribution < -0.4 is 0 Å². The SMILES string of the molecule is CC\C=C/C=C\C=C/C=C\CCCCCCCC(=O)OC(COC(=O)C/C=C\C/C=C\C/C=C\CC)COC(=O)CCCCCCCCCCCCCCCCCCCC. The van der Waals surface area contributed by atoms with E-state index in [1.54, 1.807) is 6.08 Å². The first kappa shape index (κ1) is 56.6. The van der Waals surface area contributed by atoms with E-state index >= 15 is 0 Å². The Morgan fingerprint density at radius 2 is 0.783 bits per heavy atom. The van der Waals surface area contributed by atoms with Crippen LogP contribution in [0.15, 0.2) is 85.1 Å². The Balaban J connectivity index is 4.39. The van der Waals surface area contributed by atoms with Gasteiger partial charge in [-0.3, -0.25) is 14.4 Å². The summed E-state index contributed by atoms with van der Waals surface area (Å²) in [5, 5.41) is 0. The van der Waals surface area contributed by atoms with E-state index < -0.39 is 12.1 Å². The number of allylic oxidation sites excluding steroid dienone is 13. The van der Waals surface area contributed by atoms with Crippen LogP contribution in [-0.4, -0.2) is 37.2 Å². The van der Waals surface area contributed by atoms with Gasteiger partial charge in [0, 0.05) is 12.8 Å². The molecule has 0 radical (unpaired) electrons. The minimum absolute atomic E-state index is 0.112. The molecule has 342 valence electrons. The molecule has 0 rings (SSSR count). The summed E-state index contributed by atoms with van der Waals surface area (Å²) in [6.07, 6.45) is 61.8. The zero-order valence-corrected chi connectivity index (χ0v) is 38.9. The number of hydrogen-bond acceptors (Lipinski definition) is 6. The number of unbranched alkanes of at least 4 members (excludes halogenated alkanes) is 22. The highest BCUT2D eigenvalue weighted by molar-refractivity contribution is 5.72. The average Bonchev–Trinajstić information content (AvgIpc) is 3.24. The zero-order valence-electron chi connectivity index (χ0n) is 38.9. The number of ether oxygens (including phenoxy) is 3. The molecule has 0 aliphatic heterocycles. The maximum absolute atomic E-state index is 12.7. The molecule has 0 aromatic rings. The van der Waals surface area contributed by atoms with E-state index in [0.29, 0.717) is 6.42 Å². The highest BCUT2D eigenvalue weighted by atomic mass is 16.6. The minimum Gasteiger partial charge on any atom is -0.462 e. The van der Waals surface area contributed by atoms with Crippen LogP contribution in [0.5, 0.6) is 0 Å². The number of esters is 3. The molecule has 0 aliphatic carbocycles. The molecule has 0 aromatic heterocycles. The van der Waals surface area contributed by atoms with E-state index in [2.05, 4.69) is 69.4 Å². The van der Waals surface area contributed by atoms with Crippen LogP contribution >= 0.6 is 0 Å². The van der Waals surface area contributed by atoms with Crippen LogP contribution in [0, 0.1) is 0 Å². The molecule has 0 heterocycles. The molecule has 0 fully saturated rings. The predicted molar refractivity (Wildman–Crippen MR) is 256 cm³/mol. The van der Waals surface area contributed by atoms with Crippen LogP contribution in [0.25, 0.3) is 0 Å². The first-order valence-electron chi connectivity index (χ1n) is 24.6. The third-order valence-corrected chi connectivity index (χ3v) is 10.3. The Morgan fingerprint density at radius 3 is 1.30 bits per heavy atom. The Hall–Kier alpha value is -3.41. The van der Waals surface area contributed by atoms with E-state index in [0.717, 1.165) is 83.5 Å². The smallest absolute Gasteiger partial charge is 0.309 e. The Bertz CT molecular complexity index is 1190. The number of rotatable bonds is 43. The topological polar surface area (TPSA) is 78.9 Å². The summed E-state index contributed by atoms with van der Waals surface area (Å²) in [6, 6.07) is 0. The van der Waals surface area contributed by atoms with E-state index in [-0.39, 0.29) is 38.0 Å². The van der Waals surface area contributed by atoms with Gasteiger partial charge in [0.25, 0.3) is 0 Å². The standard InChI is InChI=1S/C54H90O6/c1-4-7-10-13-16-19-21-23-25-26-27-29-30-32-35-38-41-44-47-53(56)59-50-51(49-58-52(55)46-43-40-37-34-18-15-12-9-6-3)60-54(57)48-45-42-39-36-33-31-28-24-22-20-17-14-11-8-5-2/h8-9,11-12,14,17-18,20,22,24,28,34,40,43,51H,4-7,10,13,15-16,19,21,23,25-27,29-33,35-39,41-42,44-50H2,1-3H3/b11-8-,12-9-,17-14-,22-20-,28-24-,34-18-,43-40-. The van der Waals surface area contributed by atoms with Gasteiger partial charge in [-0.1, -0.05) is 234 Å². The summed E-state index contributed by atoms with van der Waals surface area (Å²) in [6.45, 7) is 6.26. The van der Waals surface area contributed by atoms with Crippen molar-refractivity contribution in [3.05, 3.63) is 85.1 Å². The average molecular weight is 835 g/mol. The van der Waals surface area contributed by atoms with Crippen molar-refractivity contribution in [2.24, 2.45) is 0 Å². The van der Waals surface area contributed by atoms with Crippen molar-refractivity contribution in [1.82, 2.24) is 0 Å². The molecule has 0 saturated heterocycles. The molecule has 60 heavy (non-hydrogen) atoms. The molecule has 0 N–H and O–H groups in total. The minimum atomic E-state index is -0.821. The van der Waals surface area contributed by atoms with Gasteiger partial charge in [-0.25, -0.2) is 0 Å². The summed E-state index contributed by atoms with van der Waals surface area (Å²) >= 11 is 0. The maximum Gasteiger partial charge on any atom is 0.309 e. The van der Waals surface area contributed by atoms with Crippen LogP contribution in [0.2, 0.25) is 0 Å². The van der Waals surface area contributed by atoms with Gasteiger partial charge in [0.15, 0.2) is 6.10 Å². The second-order valence-corrected chi connectivity index (χ2v) is 16.1. The summed E-state index contributed by atoms with van der Waals surface area (Å²) in [4.78, 5) is 37.7. The third kappa shape index (κ3) is 45.7. The van der Waals surface area contributed by atoms with Gasteiger partial charge >= 0.3 is 17.9 Å². The second-order valence-electron chi connectivity index (χ2n) is 16.1. The van der Waals surface area contributed by atoms with Crippen LogP contribution in [-0.2, 0) is 28.6 Å². The normalized spacial score (nSPS) is 12.8. The third-order valence-electron chi connectivity index (χ3n) is 10.3. The van der Waals surface area contributed by atoms with Gasteiger partial charge in [-0.05, 0) is 51.4 Å². The van der Waals surface area contributed by atoms with Crippen LogP contribution in [0.1, 0.15) is 220 Å². The largest absolute Gasteiger partial charge is 0.462 e. The highest BCUT2D eigenvalue weighted by Crippen LogP contribution is 2.15. The lowest BCUT2D eigenvalue weighted by Gasteiger charge is -2.18. The van der Waals surface area contributed by atoms with Gasteiger partial charge in [0.05, 0.1) is 6.42 Å². The summed E-state index contributed by atoms with van der Waals surface area (Å²) in [5.74, 6) is -1.07. The monoisotopic (exact) mass is 835 g/mol. The fraction of sp³-hybridized carbons (Fsp3) is 0.685. The Kier molecular flexibility index (Phi) is 45.5. The fourth-order valence-corrected chi connectivity index (χ4v) is 6.63. The first-order valence-corrected chi connectivity index (χ1v) is 24.6. The molecule has 6 nitrogen and oxygen atoms in total. The van der Waals surface area contributed by atoms with Crippen molar-refractivity contribution < 1.29 is 28.6 Å². The van der Waals surface area contributed by atoms with Gasteiger partial charge in [-0.15, -0.1) is 0 Å². The van der Waals surface area contributed by atoms with Crippen molar-refractivity contribution in [3.63, 3.8) is 0 Å². The summed E-state index contributed by atoms with van der Waals surface area (Å²) in [7, 11) is 0. The lowest BCUT2D eigenvalue weighted by Crippen LogP contribution is -2.30. The fourth-order valence-electron chi connectivity index (χ4n) is 6.63. The van der Waals surface area contributed by atoms with E-state index in [9.17, 15) is 14.4 Å². The lowest BCUT2D eigenvalue weighted by molar-refractivity contribution is -0.166. The van der Waals surface area contributed by atoms with E-state index in [4.69, 9.17) is 14.2 Å². The van der Waals surface area contributed by atoms with Crippen molar-refractivity contribution >= 4 is 17.9 Å². The van der Waals surface area contributed by atoms with Gasteiger partial charge < -0.3 is 14.2 Å². The van der Waals surface area contributed by atoms with Crippen molar-refractivity contribution in [2.75, 3.05) is 13.2 Å². The van der Waals surface area contributed by atoms with Crippen LogP contribution in [0.3, 0.4) is 0 Å². The van der Waals surface area contributed by atoms with E-state index in [1.807, 2.05) is 30.4 Å². The molecule has 0 spiro atoms. The predicted octanol–water partition coefficient (Wildman–Crippen LogP) is 16.0. The lowest BCUT2D eigenvalue weighted by atomic mass is 10.0. The molecule has 0 saturated carbocycles. The summed E-state index contributed by atoms with van der Waals surface area (Å²) in [5.41, 5.74) is 0. The van der Waals surface area contributed by atoms with E-state index in [1.165, 1.54) is 96.3 Å². The number of hydrogen-bond donors (Lipinski definition) is 0. The van der Waals surface area contributed by atoms with Crippen molar-refractivity contribution in [1.29, 1.82) is 0 Å². The molecule has 0 aromatic carbocycles. The highest BCUT2D eigenvalue weighted by Gasteiger charge is 2.19. The quantitative estimate of drug-likeness (QED) is 0.0200. The molecule has 6 heteroatoms. The van der Waals surface area contributed by atoms with Gasteiger partial charge in [0.2, 0.25) is 0 Å².